The molecule has 0 radical (unpaired) electrons. The van der Waals surface area contributed by atoms with Crippen LogP contribution in [-0.2, 0) is 12.8 Å². The molecule has 2 unspecified atom stereocenters. The van der Waals surface area contributed by atoms with Crippen LogP contribution in [0, 0.1) is 11.8 Å². The van der Waals surface area contributed by atoms with Gasteiger partial charge in [0.15, 0.2) is 0 Å². The lowest BCUT2D eigenvalue weighted by Crippen LogP contribution is -2.31. The van der Waals surface area contributed by atoms with Crippen LogP contribution in [-0.4, -0.2) is 18.8 Å². The van der Waals surface area contributed by atoms with Gasteiger partial charge in [-0.05, 0) is 48.9 Å². The van der Waals surface area contributed by atoms with Gasteiger partial charge in [0.1, 0.15) is 0 Å². The van der Waals surface area contributed by atoms with E-state index in [2.05, 4.69) is 37.4 Å². The van der Waals surface area contributed by atoms with Crippen LogP contribution in [0.3, 0.4) is 0 Å². The molecule has 1 aromatic carbocycles. The molecule has 1 aliphatic rings. The summed E-state index contributed by atoms with van der Waals surface area (Å²) in [5, 5.41) is 13.0. The second kappa shape index (κ2) is 5.85. The molecule has 0 fully saturated rings. The molecule has 2 N–H and O–H groups in total. The van der Waals surface area contributed by atoms with Crippen LogP contribution >= 0.6 is 0 Å². The number of hydrogen-bond donors (Lipinski definition) is 2. The van der Waals surface area contributed by atoms with E-state index in [1.54, 1.807) is 0 Å². The van der Waals surface area contributed by atoms with Crippen molar-refractivity contribution in [1.29, 1.82) is 0 Å². The van der Waals surface area contributed by atoms with E-state index in [1.165, 1.54) is 36.0 Å². The second-order valence-electron chi connectivity index (χ2n) is 5.74. The minimum Gasteiger partial charge on any atom is -0.396 e. The standard InChI is InChI=1S/C16H25NO/c1-11(2)15(10-18)16(17-3)14-8-7-12-5-4-6-13(12)9-14/h7-9,11,15-18H,4-6,10H2,1-3H3. The zero-order chi connectivity index (χ0) is 13.1. The molecule has 18 heavy (non-hydrogen) atoms. The summed E-state index contributed by atoms with van der Waals surface area (Å²) in [7, 11) is 1.99. The van der Waals surface area contributed by atoms with Gasteiger partial charge in [0.25, 0.3) is 0 Å². The van der Waals surface area contributed by atoms with Crippen molar-refractivity contribution < 1.29 is 5.11 Å². The Morgan fingerprint density at radius 3 is 2.56 bits per heavy atom. The molecule has 1 aromatic rings. The smallest absolute Gasteiger partial charge is 0.0479 e. The van der Waals surface area contributed by atoms with E-state index in [-0.39, 0.29) is 18.6 Å². The normalized spacial score (nSPS) is 17.8. The van der Waals surface area contributed by atoms with Crippen LogP contribution in [0.5, 0.6) is 0 Å². The van der Waals surface area contributed by atoms with E-state index in [0.717, 1.165) is 0 Å². The fourth-order valence-corrected chi connectivity index (χ4v) is 3.11. The molecule has 0 aliphatic heterocycles. The molecular weight excluding hydrogens is 222 g/mol. The van der Waals surface area contributed by atoms with E-state index in [9.17, 15) is 5.11 Å². The number of aryl methyl sites for hydroxylation is 2. The van der Waals surface area contributed by atoms with Gasteiger partial charge >= 0.3 is 0 Å². The lowest BCUT2D eigenvalue weighted by molar-refractivity contribution is 0.154. The highest BCUT2D eigenvalue weighted by atomic mass is 16.3. The van der Waals surface area contributed by atoms with Crippen LogP contribution in [0.4, 0.5) is 0 Å². The van der Waals surface area contributed by atoms with Gasteiger partial charge in [-0.2, -0.15) is 0 Å². The van der Waals surface area contributed by atoms with Gasteiger partial charge in [-0.3, -0.25) is 0 Å². The molecule has 0 amide bonds. The Bertz CT molecular complexity index is 400. The molecule has 2 atom stereocenters. The first-order chi connectivity index (χ1) is 8.67. The number of aliphatic hydroxyl groups is 1. The van der Waals surface area contributed by atoms with Crippen LogP contribution in [0.1, 0.15) is 43.0 Å². The summed E-state index contributed by atoms with van der Waals surface area (Å²) in [6.45, 7) is 4.59. The van der Waals surface area contributed by atoms with Gasteiger partial charge in [0.05, 0.1) is 0 Å². The molecule has 100 valence electrons. The summed E-state index contributed by atoms with van der Waals surface area (Å²) >= 11 is 0. The summed E-state index contributed by atoms with van der Waals surface area (Å²) in [4.78, 5) is 0. The van der Waals surface area contributed by atoms with E-state index >= 15 is 0 Å². The Kier molecular flexibility index (Phi) is 4.41. The fourth-order valence-electron chi connectivity index (χ4n) is 3.11. The largest absolute Gasteiger partial charge is 0.396 e. The summed E-state index contributed by atoms with van der Waals surface area (Å²) in [5.74, 6) is 0.746. The lowest BCUT2D eigenvalue weighted by atomic mass is 9.84. The van der Waals surface area contributed by atoms with Crippen molar-refractivity contribution in [3.8, 4) is 0 Å². The Morgan fingerprint density at radius 1 is 1.22 bits per heavy atom. The Balaban J connectivity index is 2.27. The van der Waals surface area contributed by atoms with Crippen molar-refractivity contribution in [2.24, 2.45) is 11.8 Å². The number of hydrogen-bond acceptors (Lipinski definition) is 2. The Labute approximate surface area is 110 Å². The zero-order valence-corrected chi connectivity index (χ0v) is 11.7. The summed E-state index contributed by atoms with van der Waals surface area (Å²) in [6, 6.07) is 7.10. The number of rotatable bonds is 5. The SMILES string of the molecule is CNC(c1ccc2c(c1)CCC2)C(CO)C(C)C. The summed E-state index contributed by atoms with van der Waals surface area (Å²) in [5.41, 5.74) is 4.35. The van der Waals surface area contributed by atoms with Crippen molar-refractivity contribution >= 4 is 0 Å². The third-order valence-electron chi connectivity index (χ3n) is 4.29. The van der Waals surface area contributed by atoms with Crippen LogP contribution < -0.4 is 5.32 Å². The van der Waals surface area contributed by atoms with Gasteiger partial charge in [-0.25, -0.2) is 0 Å². The van der Waals surface area contributed by atoms with E-state index in [1.807, 2.05) is 7.05 Å². The molecule has 2 nitrogen and oxygen atoms in total. The van der Waals surface area contributed by atoms with Crippen molar-refractivity contribution in [3.63, 3.8) is 0 Å². The molecule has 2 heteroatoms. The topological polar surface area (TPSA) is 32.3 Å². The minimum absolute atomic E-state index is 0.236. The number of nitrogens with one attached hydrogen (secondary N) is 1. The lowest BCUT2D eigenvalue weighted by Gasteiger charge is -2.29. The number of fused-ring (bicyclic) bond motifs is 1. The molecular formula is C16H25NO. The predicted molar refractivity (Wildman–Crippen MR) is 75.7 cm³/mol. The Hall–Kier alpha value is -0.860. The maximum atomic E-state index is 9.61. The summed E-state index contributed by atoms with van der Waals surface area (Å²) < 4.78 is 0. The first-order valence-electron chi connectivity index (χ1n) is 7.07. The molecule has 0 spiro atoms. The highest BCUT2D eigenvalue weighted by Crippen LogP contribution is 2.31. The van der Waals surface area contributed by atoms with Crippen LogP contribution in [0.15, 0.2) is 18.2 Å². The number of benzene rings is 1. The molecule has 0 aromatic heterocycles. The third-order valence-corrected chi connectivity index (χ3v) is 4.29. The van der Waals surface area contributed by atoms with Gasteiger partial charge in [-0.15, -0.1) is 0 Å². The summed E-state index contributed by atoms with van der Waals surface area (Å²) in [6.07, 6.45) is 3.73. The average Bonchev–Trinajstić information content (AvgIpc) is 2.82. The Morgan fingerprint density at radius 2 is 1.94 bits per heavy atom. The molecule has 0 saturated carbocycles. The first kappa shape index (κ1) is 13.6. The van der Waals surface area contributed by atoms with Gasteiger partial charge in [0.2, 0.25) is 0 Å². The zero-order valence-electron chi connectivity index (χ0n) is 11.7. The second-order valence-corrected chi connectivity index (χ2v) is 5.74. The maximum absolute atomic E-state index is 9.61. The molecule has 2 rings (SSSR count). The predicted octanol–water partition coefficient (Wildman–Crippen LogP) is 2.70. The van der Waals surface area contributed by atoms with Crippen LogP contribution in [0.25, 0.3) is 0 Å². The maximum Gasteiger partial charge on any atom is 0.0479 e. The molecule has 0 bridgehead atoms. The van der Waals surface area contributed by atoms with E-state index in [4.69, 9.17) is 0 Å². The quantitative estimate of drug-likeness (QED) is 0.838. The van der Waals surface area contributed by atoms with Gasteiger partial charge in [-0.1, -0.05) is 32.0 Å². The fraction of sp³-hybridized carbons (Fsp3) is 0.625. The monoisotopic (exact) mass is 247 g/mol. The molecule has 1 aliphatic carbocycles. The van der Waals surface area contributed by atoms with Gasteiger partial charge in [0, 0.05) is 18.6 Å². The van der Waals surface area contributed by atoms with Crippen molar-refractivity contribution in [3.05, 3.63) is 34.9 Å². The van der Waals surface area contributed by atoms with E-state index in [0.29, 0.717) is 5.92 Å². The van der Waals surface area contributed by atoms with Crippen molar-refractivity contribution in [2.75, 3.05) is 13.7 Å². The van der Waals surface area contributed by atoms with Crippen LogP contribution in [0.2, 0.25) is 0 Å². The van der Waals surface area contributed by atoms with E-state index < -0.39 is 0 Å². The van der Waals surface area contributed by atoms with Gasteiger partial charge < -0.3 is 10.4 Å². The van der Waals surface area contributed by atoms with Crippen molar-refractivity contribution in [2.45, 2.75) is 39.2 Å². The molecule has 0 saturated heterocycles. The highest BCUT2D eigenvalue weighted by Gasteiger charge is 2.25. The van der Waals surface area contributed by atoms with Crippen molar-refractivity contribution in [1.82, 2.24) is 5.32 Å². The average molecular weight is 247 g/mol. The first-order valence-corrected chi connectivity index (χ1v) is 7.07. The molecule has 0 heterocycles. The number of aliphatic hydroxyl groups excluding tert-OH is 1. The minimum atomic E-state index is 0.236. The highest BCUT2D eigenvalue weighted by molar-refractivity contribution is 5.36. The third kappa shape index (κ3) is 2.60.